The van der Waals surface area contributed by atoms with E-state index in [4.69, 9.17) is 0 Å². The zero-order valence-electron chi connectivity index (χ0n) is 14.5. The molecule has 0 bridgehead atoms. The molecular weight excluding hydrogens is 324 g/mol. The lowest BCUT2D eigenvalue weighted by atomic mass is 10.0. The van der Waals surface area contributed by atoms with Crippen molar-refractivity contribution in [2.75, 3.05) is 13.7 Å². The van der Waals surface area contributed by atoms with E-state index in [1.54, 1.807) is 4.90 Å². The maximum absolute atomic E-state index is 12.7. The number of carbonyl (C=O) groups is 2. The fraction of sp³-hybridized carbons (Fsp3) is 0.412. The summed E-state index contributed by atoms with van der Waals surface area (Å²) >= 11 is 0. The van der Waals surface area contributed by atoms with Crippen molar-refractivity contribution in [2.45, 2.75) is 33.5 Å². The molecule has 0 spiro atoms. The van der Waals surface area contributed by atoms with Gasteiger partial charge in [-0.15, -0.1) is 5.10 Å². The molecule has 8 nitrogen and oxygen atoms in total. The normalized spacial score (nSPS) is 13.7. The van der Waals surface area contributed by atoms with Gasteiger partial charge in [-0.2, -0.15) is 0 Å². The van der Waals surface area contributed by atoms with Gasteiger partial charge in [-0.3, -0.25) is 14.2 Å². The Labute approximate surface area is 144 Å². The molecule has 1 aromatic heterocycles. The SMILES string of the molecule is COC(=O)Cn1nc2n(c1=O)CCN(Cc1cc(C)ccc1C)C2=O. The van der Waals surface area contributed by atoms with Crippen LogP contribution in [0.4, 0.5) is 0 Å². The molecule has 1 aliphatic heterocycles. The van der Waals surface area contributed by atoms with Crippen molar-refractivity contribution in [1.82, 2.24) is 19.2 Å². The minimum absolute atomic E-state index is 0.0606. The summed E-state index contributed by atoms with van der Waals surface area (Å²) in [6, 6.07) is 6.11. The second-order valence-electron chi connectivity index (χ2n) is 6.15. The summed E-state index contributed by atoms with van der Waals surface area (Å²) in [5.41, 5.74) is 2.83. The van der Waals surface area contributed by atoms with E-state index in [2.05, 4.69) is 15.9 Å². The third kappa shape index (κ3) is 3.19. The third-order valence-corrected chi connectivity index (χ3v) is 4.37. The number of methoxy groups -OCH3 is 1. The molecule has 0 N–H and O–H groups in total. The summed E-state index contributed by atoms with van der Waals surface area (Å²) in [6.45, 7) is 4.94. The number of esters is 1. The van der Waals surface area contributed by atoms with Gasteiger partial charge in [0.15, 0.2) is 0 Å². The van der Waals surface area contributed by atoms with E-state index in [9.17, 15) is 14.4 Å². The van der Waals surface area contributed by atoms with Crippen molar-refractivity contribution in [3.8, 4) is 0 Å². The number of hydrogen-bond donors (Lipinski definition) is 0. The van der Waals surface area contributed by atoms with Crippen LogP contribution in [0.2, 0.25) is 0 Å². The average Bonchev–Trinajstić information content (AvgIpc) is 2.90. The molecule has 0 atom stereocenters. The van der Waals surface area contributed by atoms with Crippen LogP contribution in [0.5, 0.6) is 0 Å². The fourth-order valence-electron chi connectivity index (χ4n) is 2.88. The van der Waals surface area contributed by atoms with Gasteiger partial charge in [-0.1, -0.05) is 23.8 Å². The molecule has 0 aliphatic carbocycles. The number of ether oxygens (including phenoxy) is 1. The first-order valence-corrected chi connectivity index (χ1v) is 8.00. The molecule has 2 aromatic rings. The van der Waals surface area contributed by atoms with E-state index in [0.29, 0.717) is 19.6 Å². The minimum atomic E-state index is -0.586. The molecule has 2 heterocycles. The lowest BCUT2D eigenvalue weighted by Crippen LogP contribution is -2.42. The number of hydrogen-bond acceptors (Lipinski definition) is 5. The summed E-state index contributed by atoms with van der Waals surface area (Å²) in [7, 11) is 1.24. The number of fused-ring (bicyclic) bond motifs is 1. The Kier molecular flexibility index (Phi) is 4.43. The van der Waals surface area contributed by atoms with E-state index in [1.807, 2.05) is 26.0 Å². The molecule has 1 aromatic carbocycles. The number of benzene rings is 1. The molecule has 1 amide bonds. The predicted molar refractivity (Wildman–Crippen MR) is 89.2 cm³/mol. The number of nitrogens with zero attached hydrogens (tertiary/aromatic N) is 4. The Morgan fingerprint density at radius 1 is 1.24 bits per heavy atom. The molecule has 0 unspecified atom stereocenters. The lowest BCUT2D eigenvalue weighted by Gasteiger charge is -2.27. The monoisotopic (exact) mass is 344 g/mol. The number of aryl methyl sites for hydroxylation is 2. The summed E-state index contributed by atoms with van der Waals surface area (Å²) in [5.74, 6) is -0.837. The zero-order chi connectivity index (χ0) is 18.1. The highest BCUT2D eigenvalue weighted by Gasteiger charge is 2.30. The Morgan fingerprint density at radius 2 is 2.00 bits per heavy atom. The zero-order valence-corrected chi connectivity index (χ0v) is 14.5. The van der Waals surface area contributed by atoms with E-state index in [-0.39, 0.29) is 18.3 Å². The molecule has 25 heavy (non-hydrogen) atoms. The van der Waals surface area contributed by atoms with E-state index >= 15 is 0 Å². The highest BCUT2D eigenvalue weighted by molar-refractivity contribution is 5.91. The van der Waals surface area contributed by atoms with Crippen molar-refractivity contribution >= 4 is 11.9 Å². The van der Waals surface area contributed by atoms with Crippen LogP contribution in [0.15, 0.2) is 23.0 Å². The summed E-state index contributed by atoms with van der Waals surface area (Å²) in [5, 5.41) is 4.03. The van der Waals surface area contributed by atoms with Crippen LogP contribution < -0.4 is 5.69 Å². The molecular formula is C17H20N4O4. The number of amides is 1. The van der Waals surface area contributed by atoms with Crippen LogP contribution in [-0.4, -0.2) is 44.8 Å². The third-order valence-electron chi connectivity index (χ3n) is 4.37. The molecule has 0 radical (unpaired) electrons. The molecule has 0 saturated carbocycles. The van der Waals surface area contributed by atoms with Gasteiger partial charge in [0.2, 0.25) is 5.82 Å². The van der Waals surface area contributed by atoms with Gasteiger partial charge in [-0.05, 0) is 25.0 Å². The van der Waals surface area contributed by atoms with Crippen molar-refractivity contribution in [3.63, 3.8) is 0 Å². The maximum atomic E-state index is 12.7. The van der Waals surface area contributed by atoms with Crippen LogP contribution >= 0.6 is 0 Å². The Bertz CT molecular complexity index is 897. The van der Waals surface area contributed by atoms with Crippen LogP contribution in [0.25, 0.3) is 0 Å². The van der Waals surface area contributed by atoms with Crippen LogP contribution in [0, 0.1) is 13.8 Å². The van der Waals surface area contributed by atoms with E-state index < -0.39 is 11.7 Å². The van der Waals surface area contributed by atoms with Gasteiger partial charge in [0, 0.05) is 19.6 Å². The topological polar surface area (TPSA) is 86.4 Å². The first-order chi connectivity index (χ1) is 11.9. The molecule has 3 rings (SSSR count). The van der Waals surface area contributed by atoms with Gasteiger partial charge in [-0.25, -0.2) is 9.48 Å². The van der Waals surface area contributed by atoms with Crippen molar-refractivity contribution in [1.29, 1.82) is 0 Å². The standard InChI is InChI=1S/C17H20N4O4/c1-11-4-5-12(2)13(8-11)9-19-6-7-20-15(16(19)23)18-21(17(20)24)10-14(22)25-3/h4-5,8H,6-7,9-10H2,1-3H3. The Morgan fingerprint density at radius 3 is 2.72 bits per heavy atom. The molecule has 8 heteroatoms. The van der Waals surface area contributed by atoms with Gasteiger partial charge in [0.1, 0.15) is 6.54 Å². The Hall–Kier alpha value is -2.90. The van der Waals surface area contributed by atoms with Crippen molar-refractivity contribution < 1.29 is 14.3 Å². The predicted octanol–water partition coefficient (Wildman–Crippen LogP) is 0.491. The van der Waals surface area contributed by atoms with Crippen molar-refractivity contribution in [3.05, 3.63) is 51.2 Å². The number of aromatic nitrogens is 3. The lowest BCUT2D eigenvalue weighted by molar-refractivity contribution is -0.141. The molecule has 0 saturated heterocycles. The summed E-state index contributed by atoms with van der Waals surface area (Å²) in [6.07, 6.45) is 0. The maximum Gasteiger partial charge on any atom is 0.346 e. The summed E-state index contributed by atoms with van der Waals surface area (Å²) < 4.78 is 6.83. The van der Waals surface area contributed by atoms with Crippen molar-refractivity contribution in [2.24, 2.45) is 0 Å². The van der Waals surface area contributed by atoms with Gasteiger partial charge in [0.25, 0.3) is 5.91 Å². The van der Waals surface area contributed by atoms with E-state index in [0.717, 1.165) is 21.4 Å². The van der Waals surface area contributed by atoms with Gasteiger partial charge >= 0.3 is 11.7 Å². The molecule has 0 fully saturated rings. The first-order valence-electron chi connectivity index (χ1n) is 8.00. The average molecular weight is 344 g/mol. The number of carbonyl (C=O) groups excluding carboxylic acids is 2. The second-order valence-corrected chi connectivity index (χ2v) is 6.15. The van der Waals surface area contributed by atoms with Crippen LogP contribution in [0.3, 0.4) is 0 Å². The summed E-state index contributed by atoms with van der Waals surface area (Å²) in [4.78, 5) is 38.0. The molecule has 1 aliphatic rings. The quantitative estimate of drug-likeness (QED) is 0.754. The van der Waals surface area contributed by atoms with E-state index in [1.165, 1.54) is 11.7 Å². The highest BCUT2D eigenvalue weighted by atomic mass is 16.5. The van der Waals surface area contributed by atoms with Gasteiger partial charge < -0.3 is 9.64 Å². The van der Waals surface area contributed by atoms with Crippen LogP contribution in [-0.2, 0) is 29.2 Å². The molecule has 132 valence electrons. The fourth-order valence-corrected chi connectivity index (χ4v) is 2.88. The van der Waals surface area contributed by atoms with Gasteiger partial charge in [0.05, 0.1) is 7.11 Å². The smallest absolute Gasteiger partial charge is 0.346 e. The first kappa shape index (κ1) is 16.9. The van der Waals surface area contributed by atoms with Crippen LogP contribution in [0.1, 0.15) is 27.3 Å². The second kappa shape index (κ2) is 6.54. The number of rotatable bonds is 4. The largest absolute Gasteiger partial charge is 0.468 e. The Balaban J connectivity index is 1.86. The minimum Gasteiger partial charge on any atom is -0.468 e. The highest BCUT2D eigenvalue weighted by Crippen LogP contribution is 2.17.